The van der Waals surface area contributed by atoms with Crippen LogP contribution in [0.4, 0.5) is 24.7 Å². The number of alkyl halides is 3. The van der Waals surface area contributed by atoms with Crippen LogP contribution in [0.5, 0.6) is 0 Å². The second kappa shape index (κ2) is 6.12. The molecule has 1 saturated carbocycles. The van der Waals surface area contributed by atoms with E-state index in [1.165, 1.54) is 6.07 Å². The number of rotatable bonds is 4. The fourth-order valence-electron chi connectivity index (χ4n) is 2.80. The number of aromatic nitrogens is 1. The highest BCUT2D eigenvalue weighted by Crippen LogP contribution is 2.42. The van der Waals surface area contributed by atoms with Crippen LogP contribution in [-0.2, 0) is 6.18 Å². The van der Waals surface area contributed by atoms with Gasteiger partial charge < -0.3 is 11.1 Å². The van der Waals surface area contributed by atoms with Crippen LogP contribution in [0.25, 0.3) is 0 Å². The highest BCUT2D eigenvalue weighted by molar-refractivity contribution is 5.68. The molecule has 2 rings (SSSR count). The van der Waals surface area contributed by atoms with E-state index in [0.717, 1.165) is 32.1 Å². The summed E-state index contributed by atoms with van der Waals surface area (Å²) in [5.74, 6) is 0.0926. The molecule has 3 nitrogen and oxygen atoms in total. The minimum absolute atomic E-state index is 0.0491. The Morgan fingerprint density at radius 3 is 2.52 bits per heavy atom. The van der Waals surface area contributed by atoms with E-state index in [-0.39, 0.29) is 17.8 Å². The number of hydrogen-bond acceptors (Lipinski definition) is 3. The fraction of sp³-hybridized carbons (Fsp3) is 0.667. The molecule has 1 fully saturated rings. The van der Waals surface area contributed by atoms with Crippen molar-refractivity contribution in [1.82, 2.24) is 4.98 Å². The van der Waals surface area contributed by atoms with Crippen LogP contribution in [0.3, 0.4) is 0 Å². The lowest BCUT2D eigenvalue weighted by Gasteiger charge is -2.23. The van der Waals surface area contributed by atoms with Crippen molar-refractivity contribution in [3.8, 4) is 0 Å². The zero-order valence-electron chi connectivity index (χ0n) is 12.4. The predicted molar refractivity (Wildman–Crippen MR) is 78.2 cm³/mol. The quantitative estimate of drug-likeness (QED) is 0.857. The van der Waals surface area contributed by atoms with Crippen LogP contribution in [0.2, 0.25) is 0 Å². The van der Waals surface area contributed by atoms with E-state index in [1.807, 2.05) is 13.8 Å². The summed E-state index contributed by atoms with van der Waals surface area (Å²) in [4.78, 5) is 3.55. The zero-order valence-corrected chi connectivity index (χ0v) is 12.4. The number of pyridine rings is 1. The summed E-state index contributed by atoms with van der Waals surface area (Å²) >= 11 is 0. The largest absolute Gasteiger partial charge is 0.433 e. The van der Waals surface area contributed by atoms with E-state index in [2.05, 4.69) is 10.3 Å². The van der Waals surface area contributed by atoms with E-state index < -0.39 is 11.9 Å². The summed E-state index contributed by atoms with van der Waals surface area (Å²) in [6.07, 6.45) is 0.334. The number of nitrogen functional groups attached to an aromatic ring is 1. The highest BCUT2D eigenvalue weighted by Gasteiger charge is 2.35. The fourth-order valence-corrected chi connectivity index (χ4v) is 2.80. The molecule has 0 bridgehead atoms. The van der Waals surface area contributed by atoms with Gasteiger partial charge in [-0.25, -0.2) is 4.98 Å². The molecule has 0 aromatic carbocycles. The lowest BCUT2D eigenvalue weighted by Crippen LogP contribution is -2.20. The lowest BCUT2D eigenvalue weighted by molar-refractivity contribution is -0.141. The Hall–Kier alpha value is -1.46. The second-order valence-corrected chi connectivity index (χ2v) is 5.79. The number of hydrogen-bond donors (Lipinski definition) is 2. The Bertz CT molecular complexity index is 494. The van der Waals surface area contributed by atoms with Crippen LogP contribution in [0.1, 0.15) is 63.1 Å². The molecule has 1 heterocycles. The van der Waals surface area contributed by atoms with Gasteiger partial charge in [-0.2, -0.15) is 13.2 Å². The van der Waals surface area contributed by atoms with Gasteiger partial charge in [-0.15, -0.1) is 0 Å². The molecular weight excluding hydrogens is 279 g/mol. The highest BCUT2D eigenvalue weighted by atomic mass is 19.4. The maximum Gasteiger partial charge on any atom is 0.433 e. The van der Waals surface area contributed by atoms with Crippen LogP contribution in [-0.4, -0.2) is 11.0 Å². The van der Waals surface area contributed by atoms with Crippen molar-refractivity contribution in [2.24, 2.45) is 0 Å². The number of anilines is 2. The first-order valence-corrected chi connectivity index (χ1v) is 7.47. The Labute approximate surface area is 123 Å². The maximum absolute atomic E-state index is 13.0. The summed E-state index contributed by atoms with van der Waals surface area (Å²) in [5, 5.41) is 3.23. The average Bonchev–Trinajstić information content (AvgIpc) is 2.93. The summed E-state index contributed by atoms with van der Waals surface area (Å²) in [6.45, 7) is 4.00. The minimum Gasteiger partial charge on any atom is -0.382 e. The van der Waals surface area contributed by atoms with Crippen LogP contribution >= 0.6 is 0 Å². The monoisotopic (exact) mass is 301 g/mol. The van der Waals surface area contributed by atoms with E-state index in [0.29, 0.717) is 11.3 Å². The minimum atomic E-state index is -4.46. The standard InChI is InChI=1S/C15H22F3N3/c1-3-9(2)20-13-11(10-6-4-5-7-10)8-12(15(16,17)18)21-14(13)19/h8-10,20H,3-7H2,1-2H3,(H2,19,21). The smallest absolute Gasteiger partial charge is 0.382 e. The normalized spacial score (nSPS) is 18.0. The molecule has 1 aliphatic carbocycles. The SMILES string of the molecule is CCC(C)Nc1c(C2CCCC2)cc(C(F)(F)F)nc1N. The third kappa shape index (κ3) is 3.60. The molecule has 0 saturated heterocycles. The molecule has 1 unspecified atom stereocenters. The topological polar surface area (TPSA) is 50.9 Å². The number of nitrogens with zero attached hydrogens (tertiary/aromatic N) is 1. The molecule has 118 valence electrons. The van der Waals surface area contributed by atoms with Gasteiger partial charge in [0.05, 0.1) is 5.69 Å². The molecule has 0 spiro atoms. The van der Waals surface area contributed by atoms with Gasteiger partial charge >= 0.3 is 6.18 Å². The van der Waals surface area contributed by atoms with Gasteiger partial charge in [0.15, 0.2) is 0 Å². The molecule has 1 aromatic rings. The van der Waals surface area contributed by atoms with Gasteiger partial charge in [-0.3, -0.25) is 0 Å². The Morgan fingerprint density at radius 2 is 2.00 bits per heavy atom. The molecule has 1 aliphatic rings. The number of nitrogens with two attached hydrogens (primary N) is 1. The van der Waals surface area contributed by atoms with Gasteiger partial charge in [0, 0.05) is 6.04 Å². The van der Waals surface area contributed by atoms with Gasteiger partial charge in [0.1, 0.15) is 11.5 Å². The Balaban J connectivity index is 2.46. The van der Waals surface area contributed by atoms with Crippen molar-refractivity contribution in [2.75, 3.05) is 11.1 Å². The van der Waals surface area contributed by atoms with E-state index in [1.54, 1.807) is 0 Å². The molecule has 6 heteroatoms. The van der Waals surface area contributed by atoms with Crippen LogP contribution in [0, 0.1) is 0 Å². The molecule has 0 aliphatic heterocycles. The maximum atomic E-state index is 13.0. The number of halogens is 3. The Morgan fingerprint density at radius 1 is 1.38 bits per heavy atom. The van der Waals surface area contributed by atoms with Gasteiger partial charge in [0.25, 0.3) is 0 Å². The van der Waals surface area contributed by atoms with Crippen molar-refractivity contribution >= 4 is 11.5 Å². The summed E-state index contributed by atoms with van der Waals surface area (Å²) in [5.41, 5.74) is 6.18. The van der Waals surface area contributed by atoms with Crippen LogP contribution < -0.4 is 11.1 Å². The third-order valence-electron chi connectivity index (χ3n) is 4.17. The van der Waals surface area contributed by atoms with Gasteiger partial charge in [0.2, 0.25) is 0 Å². The molecule has 0 amide bonds. The molecule has 3 N–H and O–H groups in total. The first kappa shape index (κ1) is 15.9. The molecule has 1 aromatic heterocycles. The summed E-state index contributed by atoms with van der Waals surface area (Å²) in [7, 11) is 0. The van der Waals surface area contributed by atoms with Gasteiger partial charge in [-0.05, 0) is 43.7 Å². The van der Waals surface area contributed by atoms with Crippen LogP contribution in [0.15, 0.2) is 6.07 Å². The van der Waals surface area contributed by atoms with E-state index in [4.69, 9.17) is 5.73 Å². The van der Waals surface area contributed by atoms with Crippen molar-refractivity contribution in [2.45, 2.75) is 64.1 Å². The lowest BCUT2D eigenvalue weighted by atomic mass is 9.95. The van der Waals surface area contributed by atoms with Crippen molar-refractivity contribution in [3.63, 3.8) is 0 Å². The van der Waals surface area contributed by atoms with Crippen molar-refractivity contribution < 1.29 is 13.2 Å². The van der Waals surface area contributed by atoms with E-state index >= 15 is 0 Å². The molecular formula is C15H22F3N3. The predicted octanol–water partition coefficient (Wildman–Crippen LogP) is 4.55. The Kier molecular flexibility index (Phi) is 4.64. The first-order valence-electron chi connectivity index (χ1n) is 7.47. The summed E-state index contributed by atoms with van der Waals surface area (Å²) < 4.78 is 38.9. The average molecular weight is 301 g/mol. The molecule has 21 heavy (non-hydrogen) atoms. The van der Waals surface area contributed by atoms with E-state index in [9.17, 15) is 13.2 Å². The van der Waals surface area contributed by atoms with Crippen molar-refractivity contribution in [1.29, 1.82) is 0 Å². The molecule has 1 atom stereocenters. The van der Waals surface area contributed by atoms with Gasteiger partial charge in [-0.1, -0.05) is 19.8 Å². The molecule has 0 radical (unpaired) electrons. The second-order valence-electron chi connectivity index (χ2n) is 5.79. The first-order chi connectivity index (χ1) is 9.82. The summed E-state index contributed by atoms with van der Waals surface area (Å²) in [6, 6.07) is 1.32. The number of nitrogens with one attached hydrogen (secondary N) is 1. The van der Waals surface area contributed by atoms with Crippen molar-refractivity contribution in [3.05, 3.63) is 17.3 Å². The third-order valence-corrected chi connectivity index (χ3v) is 4.17. The zero-order chi connectivity index (χ0) is 15.6.